The molecule has 1 fully saturated rings. The van der Waals surface area contributed by atoms with Gasteiger partial charge in [-0.15, -0.1) is 0 Å². The van der Waals surface area contributed by atoms with Gasteiger partial charge in [0.1, 0.15) is 11.9 Å². The van der Waals surface area contributed by atoms with E-state index in [2.05, 4.69) is 15.6 Å². The lowest BCUT2D eigenvalue weighted by atomic mass is 10.1. The third-order valence-electron chi connectivity index (χ3n) is 6.65. The average molecular weight is 534 g/mol. The fraction of sp³-hybridized carbons (Fsp3) is 0.393. The lowest BCUT2D eigenvalue weighted by Gasteiger charge is -2.25. The summed E-state index contributed by atoms with van der Waals surface area (Å²) in [6, 6.07) is 16.8. The number of amides is 3. The molecule has 3 heterocycles. The number of ether oxygens (including phenoxy) is 1. The maximum absolute atomic E-state index is 13.4. The summed E-state index contributed by atoms with van der Waals surface area (Å²) in [4.78, 5) is 49.2. The van der Waals surface area contributed by atoms with E-state index in [9.17, 15) is 14.4 Å². The van der Waals surface area contributed by atoms with Gasteiger partial charge in [0.25, 0.3) is 5.91 Å². The van der Waals surface area contributed by atoms with Crippen LogP contribution in [0.15, 0.2) is 64.6 Å². The molecular formula is C28H31N5O4S. The molecule has 0 aliphatic carbocycles. The number of para-hydroxylation sites is 1. The Bertz CT molecular complexity index is 1240. The van der Waals surface area contributed by atoms with E-state index in [4.69, 9.17) is 9.73 Å². The van der Waals surface area contributed by atoms with Crippen LogP contribution in [0.1, 0.15) is 36.8 Å². The Balaban J connectivity index is 1.18. The highest BCUT2D eigenvalue weighted by molar-refractivity contribution is 8.14. The topological polar surface area (TPSA) is 112 Å². The molecule has 2 N–H and O–H groups in total. The number of fused-ring (bicyclic) bond motifs is 3. The SMILES string of the molecule is O=C(CCC1N=C2c3ccccc3N=C(SCC(=O)NCC3CCCO3)N2C1=O)NCCc1ccccc1. The second kappa shape index (κ2) is 12.4. The summed E-state index contributed by atoms with van der Waals surface area (Å²) in [7, 11) is 0. The molecule has 2 atom stereocenters. The minimum Gasteiger partial charge on any atom is -0.376 e. The first-order valence-corrected chi connectivity index (χ1v) is 14.0. The summed E-state index contributed by atoms with van der Waals surface area (Å²) < 4.78 is 5.56. The van der Waals surface area contributed by atoms with E-state index in [1.807, 2.05) is 54.6 Å². The Labute approximate surface area is 226 Å². The molecule has 0 bridgehead atoms. The number of rotatable bonds is 10. The van der Waals surface area contributed by atoms with Gasteiger partial charge in [-0.2, -0.15) is 0 Å². The molecule has 0 saturated carbocycles. The first kappa shape index (κ1) is 26.1. The molecule has 0 aromatic heterocycles. The molecule has 38 heavy (non-hydrogen) atoms. The highest BCUT2D eigenvalue weighted by Gasteiger charge is 2.41. The lowest BCUT2D eigenvalue weighted by Crippen LogP contribution is -2.42. The van der Waals surface area contributed by atoms with Gasteiger partial charge in [0, 0.05) is 31.7 Å². The number of carbonyl (C=O) groups excluding carboxylic acids is 3. The summed E-state index contributed by atoms with van der Waals surface area (Å²) in [6.45, 7) is 1.76. The normalized spacial score (nSPS) is 19.9. The number of hydrogen-bond donors (Lipinski definition) is 2. The molecule has 0 radical (unpaired) electrons. The molecule has 1 saturated heterocycles. The van der Waals surface area contributed by atoms with E-state index < -0.39 is 6.04 Å². The largest absolute Gasteiger partial charge is 0.376 e. The molecule has 9 nitrogen and oxygen atoms in total. The van der Waals surface area contributed by atoms with Crippen LogP contribution in [0.3, 0.4) is 0 Å². The summed E-state index contributed by atoms with van der Waals surface area (Å²) in [5.41, 5.74) is 2.63. The third-order valence-corrected chi connectivity index (χ3v) is 7.59. The minimum absolute atomic E-state index is 0.0676. The third kappa shape index (κ3) is 6.31. The first-order valence-electron chi connectivity index (χ1n) is 13.0. The minimum atomic E-state index is -0.671. The predicted octanol–water partition coefficient (Wildman–Crippen LogP) is 2.81. The maximum Gasteiger partial charge on any atom is 0.259 e. The van der Waals surface area contributed by atoms with Gasteiger partial charge in [-0.3, -0.25) is 19.4 Å². The van der Waals surface area contributed by atoms with Crippen LogP contribution in [-0.4, -0.2) is 71.2 Å². The summed E-state index contributed by atoms with van der Waals surface area (Å²) in [5.74, 6) is 0.181. The number of nitrogens with zero attached hydrogens (tertiary/aromatic N) is 3. The van der Waals surface area contributed by atoms with Crippen LogP contribution in [0.2, 0.25) is 0 Å². The van der Waals surface area contributed by atoms with Crippen molar-refractivity contribution >= 4 is 46.2 Å². The van der Waals surface area contributed by atoms with Crippen molar-refractivity contribution in [1.29, 1.82) is 0 Å². The standard InChI is InChI=1S/C28H31N5O4S/c34-24(29-15-14-19-7-2-1-3-8-19)13-12-23-27(36)33-26(31-23)21-10-4-5-11-22(21)32-28(33)38-18-25(35)30-17-20-9-6-16-37-20/h1-5,7-8,10-11,20,23H,6,9,12-18H2,(H,29,34)(H,30,35). The van der Waals surface area contributed by atoms with E-state index >= 15 is 0 Å². The van der Waals surface area contributed by atoms with Crippen LogP contribution in [-0.2, 0) is 25.5 Å². The molecule has 2 unspecified atom stereocenters. The number of benzene rings is 2. The predicted molar refractivity (Wildman–Crippen MR) is 148 cm³/mol. The highest BCUT2D eigenvalue weighted by atomic mass is 32.2. The lowest BCUT2D eigenvalue weighted by molar-refractivity contribution is -0.125. The number of nitrogens with one attached hydrogen (secondary N) is 2. The van der Waals surface area contributed by atoms with Crippen LogP contribution in [0, 0.1) is 0 Å². The summed E-state index contributed by atoms with van der Waals surface area (Å²) in [6.07, 6.45) is 3.28. The van der Waals surface area contributed by atoms with Crippen molar-refractivity contribution in [3.8, 4) is 0 Å². The van der Waals surface area contributed by atoms with Crippen molar-refractivity contribution in [1.82, 2.24) is 15.5 Å². The summed E-state index contributed by atoms with van der Waals surface area (Å²) >= 11 is 1.21. The number of thioether (sulfide) groups is 1. The number of hydrogen-bond acceptors (Lipinski definition) is 7. The van der Waals surface area contributed by atoms with Gasteiger partial charge in [0.15, 0.2) is 5.17 Å². The number of aliphatic imine (C=N–C) groups is 2. The van der Waals surface area contributed by atoms with Gasteiger partial charge >= 0.3 is 0 Å². The summed E-state index contributed by atoms with van der Waals surface area (Å²) in [5, 5.41) is 6.26. The highest BCUT2D eigenvalue weighted by Crippen LogP contribution is 2.34. The fourth-order valence-corrected chi connectivity index (χ4v) is 5.48. The van der Waals surface area contributed by atoms with E-state index in [-0.39, 0.29) is 36.0 Å². The fourth-order valence-electron chi connectivity index (χ4n) is 4.65. The van der Waals surface area contributed by atoms with Gasteiger partial charge in [-0.25, -0.2) is 9.89 Å². The molecule has 2 aromatic carbocycles. The molecular weight excluding hydrogens is 502 g/mol. The molecule has 0 spiro atoms. The van der Waals surface area contributed by atoms with Crippen LogP contribution in [0.25, 0.3) is 0 Å². The number of carbonyl (C=O) groups is 3. The van der Waals surface area contributed by atoms with Gasteiger partial charge in [-0.05, 0) is 43.4 Å². The Morgan fingerprint density at radius 1 is 1.05 bits per heavy atom. The van der Waals surface area contributed by atoms with Crippen LogP contribution in [0.5, 0.6) is 0 Å². The maximum atomic E-state index is 13.4. The Morgan fingerprint density at radius 3 is 2.68 bits per heavy atom. The molecule has 10 heteroatoms. The molecule has 198 valence electrons. The second-order valence-electron chi connectivity index (χ2n) is 9.41. The van der Waals surface area contributed by atoms with Crippen LogP contribution >= 0.6 is 11.8 Å². The first-order chi connectivity index (χ1) is 18.6. The Hall–Kier alpha value is -3.50. The smallest absolute Gasteiger partial charge is 0.259 e. The second-order valence-corrected chi connectivity index (χ2v) is 10.3. The quantitative estimate of drug-likeness (QED) is 0.488. The Morgan fingerprint density at radius 2 is 1.87 bits per heavy atom. The van der Waals surface area contributed by atoms with E-state index in [0.29, 0.717) is 36.2 Å². The van der Waals surface area contributed by atoms with Crippen LogP contribution in [0.4, 0.5) is 5.69 Å². The molecule has 3 aliphatic rings. The van der Waals surface area contributed by atoms with E-state index in [0.717, 1.165) is 37.0 Å². The molecule has 2 aromatic rings. The van der Waals surface area contributed by atoms with Gasteiger partial charge in [0.2, 0.25) is 11.8 Å². The van der Waals surface area contributed by atoms with Crippen molar-refractivity contribution in [3.05, 3.63) is 65.7 Å². The van der Waals surface area contributed by atoms with Gasteiger partial charge in [-0.1, -0.05) is 54.2 Å². The van der Waals surface area contributed by atoms with Crippen molar-refractivity contribution in [2.45, 2.75) is 44.2 Å². The van der Waals surface area contributed by atoms with Crippen molar-refractivity contribution in [2.24, 2.45) is 9.98 Å². The molecule has 3 amide bonds. The van der Waals surface area contributed by atoms with Gasteiger partial charge in [0.05, 0.1) is 17.5 Å². The zero-order valence-electron chi connectivity index (χ0n) is 21.1. The van der Waals surface area contributed by atoms with E-state index in [1.165, 1.54) is 16.7 Å². The van der Waals surface area contributed by atoms with Crippen molar-refractivity contribution < 1.29 is 19.1 Å². The van der Waals surface area contributed by atoms with Crippen molar-refractivity contribution in [2.75, 3.05) is 25.4 Å². The van der Waals surface area contributed by atoms with E-state index in [1.54, 1.807) is 0 Å². The van der Waals surface area contributed by atoms with Gasteiger partial charge < -0.3 is 15.4 Å². The monoisotopic (exact) mass is 533 g/mol. The zero-order valence-corrected chi connectivity index (χ0v) is 21.9. The molecule has 3 aliphatic heterocycles. The Kier molecular flexibility index (Phi) is 8.50. The van der Waals surface area contributed by atoms with Crippen LogP contribution < -0.4 is 10.6 Å². The molecule has 5 rings (SSSR count). The number of amidine groups is 2. The van der Waals surface area contributed by atoms with Crippen molar-refractivity contribution in [3.63, 3.8) is 0 Å². The zero-order chi connectivity index (χ0) is 26.3. The average Bonchev–Trinajstić information content (AvgIpc) is 3.58.